The maximum absolute atomic E-state index is 5.98. The van der Waals surface area contributed by atoms with Crippen LogP contribution in [0.3, 0.4) is 0 Å². The van der Waals surface area contributed by atoms with Gasteiger partial charge in [-0.1, -0.05) is 43.6 Å². The predicted molar refractivity (Wildman–Crippen MR) is 119 cm³/mol. The van der Waals surface area contributed by atoms with Crippen molar-refractivity contribution in [1.29, 1.82) is 0 Å². The van der Waals surface area contributed by atoms with Crippen LogP contribution < -0.4 is 9.64 Å². The lowest BCUT2D eigenvalue weighted by Gasteiger charge is -2.21. The molecular weight excluding hydrogens is 408 g/mol. The van der Waals surface area contributed by atoms with E-state index in [9.17, 15) is 0 Å². The van der Waals surface area contributed by atoms with Gasteiger partial charge in [-0.25, -0.2) is 4.98 Å². The standard InChI is InChI=1S/C21H27ClN4O2S/c1-4-15(10-12-26(3)20-9-8-19(22)24-25-20)11-13-27-16-6-7-17-18(14-16)28-21(23-17)29-5-2/h6-9,14-15H,4-5,10-13H2,1-3H3. The molecule has 2 heterocycles. The van der Waals surface area contributed by atoms with Gasteiger partial charge in [0.15, 0.2) is 16.6 Å². The Morgan fingerprint density at radius 2 is 2.03 bits per heavy atom. The second kappa shape index (κ2) is 10.7. The van der Waals surface area contributed by atoms with Crippen molar-refractivity contribution in [1.82, 2.24) is 15.2 Å². The van der Waals surface area contributed by atoms with E-state index < -0.39 is 0 Å². The number of halogens is 1. The zero-order valence-electron chi connectivity index (χ0n) is 17.1. The van der Waals surface area contributed by atoms with Crippen LogP contribution in [0.4, 0.5) is 5.82 Å². The third-order valence-corrected chi connectivity index (χ3v) is 5.77. The summed E-state index contributed by atoms with van der Waals surface area (Å²) in [4.78, 5) is 6.56. The number of fused-ring (bicyclic) bond motifs is 1. The van der Waals surface area contributed by atoms with Crippen LogP contribution >= 0.6 is 23.4 Å². The van der Waals surface area contributed by atoms with Crippen LogP contribution in [0.25, 0.3) is 11.1 Å². The summed E-state index contributed by atoms with van der Waals surface area (Å²) in [5.74, 6) is 3.18. The lowest BCUT2D eigenvalue weighted by molar-refractivity contribution is 0.269. The number of anilines is 1. The molecule has 3 rings (SSSR count). The zero-order valence-corrected chi connectivity index (χ0v) is 18.7. The Kier molecular flexibility index (Phi) is 8.00. The lowest BCUT2D eigenvalue weighted by Crippen LogP contribution is -2.22. The average molecular weight is 435 g/mol. The van der Waals surface area contributed by atoms with Crippen molar-refractivity contribution in [2.24, 2.45) is 5.92 Å². The first-order valence-corrected chi connectivity index (χ1v) is 11.3. The molecule has 6 nitrogen and oxygen atoms in total. The van der Waals surface area contributed by atoms with Crippen LogP contribution in [-0.2, 0) is 0 Å². The zero-order chi connectivity index (χ0) is 20.6. The summed E-state index contributed by atoms with van der Waals surface area (Å²) in [5, 5.41) is 9.15. The number of benzene rings is 1. The second-order valence-electron chi connectivity index (χ2n) is 6.88. The molecule has 0 saturated heterocycles. The minimum absolute atomic E-state index is 0.412. The molecule has 156 valence electrons. The monoisotopic (exact) mass is 434 g/mol. The smallest absolute Gasteiger partial charge is 0.256 e. The third kappa shape index (κ3) is 6.24. The van der Waals surface area contributed by atoms with Crippen LogP contribution in [0.2, 0.25) is 5.15 Å². The molecule has 0 radical (unpaired) electrons. The van der Waals surface area contributed by atoms with E-state index >= 15 is 0 Å². The van der Waals surface area contributed by atoms with Crippen LogP contribution in [0.15, 0.2) is 40.0 Å². The maximum atomic E-state index is 5.98. The Hall–Kier alpha value is -1.99. The molecular formula is C21H27ClN4O2S. The van der Waals surface area contributed by atoms with Crippen molar-refractivity contribution in [2.45, 2.75) is 38.3 Å². The topological polar surface area (TPSA) is 64.3 Å². The molecule has 0 aliphatic heterocycles. The SMILES string of the molecule is CCSc1nc2ccc(OCCC(CC)CCN(C)c3ccc(Cl)nn3)cc2o1. The molecule has 0 saturated carbocycles. The molecule has 2 aromatic heterocycles. The number of rotatable bonds is 11. The van der Waals surface area contributed by atoms with Gasteiger partial charge in [0.05, 0.1) is 6.61 Å². The van der Waals surface area contributed by atoms with Crippen LogP contribution in [0.5, 0.6) is 5.75 Å². The molecule has 0 bridgehead atoms. The van der Waals surface area contributed by atoms with Crippen LogP contribution in [-0.4, -0.2) is 41.1 Å². The lowest BCUT2D eigenvalue weighted by atomic mass is 9.99. The summed E-state index contributed by atoms with van der Waals surface area (Å²) < 4.78 is 11.7. The largest absolute Gasteiger partial charge is 0.493 e. The quantitative estimate of drug-likeness (QED) is 0.358. The number of hydrogen-bond donors (Lipinski definition) is 0. The molecule has 0 aliphatic rings. The van der Waals surface area contributed by atoms with Gasteiger partial charge >= 0.3 is 0 Å². The van der Waals surface area contributed by atoms with Gasteiger partial charge < -0.3 is 14.1 Å². The first kappa shape index (κ1) is 21.7. The van der Waals surface area contributed by atoms with Gasteiger partial charge in [0.25, 0.3) is 5.22 Å². The normalized spacial score (nSPS) is 12.3. The van der Waals surface area contributed by atoms with E-state index in [0.717, 1.165) is 54.2 Å². The highest BCUT2D eigenvalue weighted by Crippen LogP contribution is 2.27. The Bertz CT molecular complexity index is 903. The third-order valence-electron chi connectivity index (χ3n) is 4.86. The van der Waals surface area contributed by atoms with Gasteiger partial charge in [-0.15, -0.1) is 10.2 Å². The van der Waals surface area contributed by atoms with Gasteiger partial charge in [0.2, 0.25) is 0 Å². The number of ether oxygens (including phenoxy) is 1. The maximum Gasteiger partial charge on any atom is 0.256 e. The van der Waals surface area contributed by atoms with Crippen molar-refractivity contribution in [3.63, 3.8) is 0 Å². The molecule has 29 heavy (non-hydrogen) atoms. The molecule has 0 fully saturated rings. The molecule has 0 aliphatic carbocycles. The fraction of sp³-hybridized carbons (Fsp3) is 0.476. The van der Waals surface area contributed by atoms with E-state index in [0.29, 0.717) is 22.9 Å². The van der Waals surface area contributed by atoms with E-state index in [1.165, 1.54) is 0 Å². The number of oxazole rings is 1. The summed E-state index contributed by atoms with van der Waals surface area (Å²) in [7, 11) is 2.03. The Labute approximate surface area is 181 Å². The molecule has 1 aromatic carbocycles. The summed E-state index contributed by atoms with van der Waals surface area (Å²) in [6, 6.07) is 9.49. The predicted octanol–water partition coefficient (Wildman–Crippen LogP) is 5.70. The van der Waals surface area contributed by atoms with Crippen LogP contribution in [0, 0.1) is 5.92 Å². The minimum atomic E-state index is 0.412. The highest BCUT2D eigenvalue weighted by Gasteiger charge is 2.11. The number of aromatic nitrogens is 3. The summed E-state index contributed by atoms with van der Waals surface area (Å²) >= 11 is 7.41. The van der Waals surface area contributed by atoms with Crippen molar-refractivity contribution >= 4 is 40.3 Å². The van der Waals surface area contributed by atoms with Gasteiger partial charge in [0.1, 0.15) is 11.3 Å². The summed E-state index contributed by atoms with van der Waals surface area (Å²) in [6.45, 7) is 5.90. The number of nitrogens with zero attached hydrogens (tertiary/aromatic N) is 4. The van der Waals surface area contributed by atoms with E-state index in [1.54, 1.807) is 17.8 Å². The van der Waals surface area contributed by atoms with E-state index in [-0.39, 0.29) is 0 Å². The van der Waals surface area contributed by atoms with Gasteiger partial charge in [-0.2, -0.15) is 0 Å². The van der Waals surface area contributed by atoms with Crippen molar-refractivity contribution < 1.29 is 9.15 Å². The van der Waals surface area contributed by atoms with Crippen molar-refractivity contribution in [3.05, 3.63) is 35.5 Å². The van der Waals surface area contributed by atoms with Gasteiger partial charge in [-0.3, -0.25) is 0 Å². The summed E-state index contributed by atoms with van der Waals surface area (Å²) in [6.07, 6.45) is 3.18. The number of hydrogen-bond acceptors (Lipinski definition) is 7. The van der Waals surface area contributed by atoms with E-state index in [1.807, 2.05) is 31.3 Å². The minimum Gasteiger partial charge on any atom is -0.493 e. The fourth-order valence-electron chi connectivity index (χ4n) is 3.06. The van der Waals surface area contributed by atoms with E-state index in [4.69, 9.17) is 20.8 Å². The molecule has 0 amide bonds. The molecule has 1 unspecified atom stereocenters. The molecule has 3 aromatic rings. The van der Waals surface area contributed by atoms with E-state index in [2.05, 4.69) is 33.9 Å². The average Bonchev–Trinajstić information content (AvgIpc) is 3.12. The van der Waals surface area contributed by atoms with Crippen molar-refractivity contribution in [2.75, 3.05) is 30.9 Å². The first-order chi connectivity index (χ1) is 14.1. The molecule has 0 N–H and O–H groups in total. The first-order valence-electron chi connectivity index (χ1n) is 9.95. The number of thioether (sulfide) groups is 1. The van der Waals surface area contributed by atoms with Crippen LogP contribution in [0.1, 0.15) is 33.1 Å². The highest BCUT2D eigenvalue weighted by molar-refractivity contribution is 7.99. The van der Waals surface area contributed by atoms with Gasteiger partial charge in [0, 0.05) is 19.7 Å². The van der Waals surface area contributed by atoms with Crippen molar-refractivity contribution in [3.8, 4) is 5.75 Å². The Morgan fingerprint density at radius 1 is 1.17 bits per heavy atom. The fourth-order valence-corrected chi connectivity index (χ4v) is 3.72. The van der Waals surface area contributed by atoms with Gasteiger partial charge in [-0.05, 0) is 48.8 Å². The molecule has 8 heteroatoms. The summed E-state index contributed by atoms with van der Waals surface area (Å²) in [5.41, 5.74) is 1.64. The highest BCUT2D eigenvalue weighted by atomic mass is 35.5. The Morgan fingerprint density at radius 3 is 2.76 bits per heavy atom. The second-order valence-corrected chi connectivity index (χ2v) is 8.48. The molecule has 0 spiro atoms. The Balaban J connectivity index is 1.46. The molecule has 1 atom stereocenters.